The summed E-state index contributed by atoms with van der Waals surface area (Å²) in [4.78, 5) is 0. The van der Waals surface area contributed by atoms with Gasteiger partial charge in [0.25, 0.3) is 5.57 Å². The fourth-order valence-corrected chi connectivity index (χ4v) is 4.58. The zero-order chi connectivity index (χ0) is 27.7. The minimum Gasteiger partial charge on any atom is -0.284 e. The summed E-state index contributed by atoms with van der Waals surface area (Å²) in [6, 6.07) is 10.2. The zero-order valence-corrected chi connectivity index (χ0v) is 22.5. The van der Waals surface area contributed by atoms with Crippen molar-refractivity contribution >= 4 is 0 Å². The van der Waals surface area contributed by atoms with Crippen LogP contribution in [0.4, 0.5) is 0 Å². The number of benzene rings is 1. The number of allylic oxidation sites excluding steroid dienone is 26. The SMILES string of the molecule is C(=C1C=C[CH-]C([C-]=C2C=C[CH-]C=C2)=C1)=C1C=C([C-]=C2C=C[CH+]C(=[C+]C3=CC(=[C+]c4ccccc4)C=C[CH+]3)[CH+]2)C=C[CH-]1. The summed E-state index contributed by atoms with van der Waals surface area (Å²) in [6.07, 6.45) is 57.3. The molecule has 0 nitrogen and oxygen atoms in total. The molecule has 0 spiro atoms. The van der Waals surface area contributed by atoms with Gasteiger partial charge in [-0.3, -0.25) is 17.4 Å². The van der Waals surface area contributed by atoms with Crippen molar-refractivity contribution in [3.05, 3.63) is 246 Å². The second-order valence-corrected chi connectivity index (χ2v) is 9.68. The van der Waals surface area contributed by atoms with Gasteiger partial charge in [-0.1, -0.05) is 5.57 Å². The van der Waals surface area contributed by atoms with E-state index < -0.39 is 0 Å². The normalized spacial score (nSPS) is 21.2. The third kappa shape index (κ3) is 7.29. The summed E-state index contributed by atoms with van der Waals surface area (Å²) in [7, 11) is 0. The number of hydrogen-bond acceptors (Lipinski definition) is 0. The molecule has 1 aromatic carbocycles. The lowest BCUT2D eigenvalue weighted by Gasteiger charge is -2.27. The molecule has 0 aliphatic heterocycles. The Bertz CT molecular complexity index is 1650. The van der Waals surface area contributed by atoms with E-state index >= 15 is 0 Å². The molecule has 0 saturated carbocycles. The Hall–Kier alpha value is -5.60. The van der Waals surface area contributed by atoms with E-state index in [-0.39, 0.29) is 0 Å². The van der Waals surface area contributed by atoms with E-state index in [1.54, 1.807) is 0 Å². The first-order chi connectivity index (χ1) is 20.2. The highest BCUT2D eigenvalue weighted by Crippen LogP contribution is 2.27. The fourth-order valence-electron chi connectivity index (χ4n) is 4.58. The smallest absolute Gasteiger partial charge is 0.284 e. The highest BCUT2D eigenvalue weighted by Gasteiger charge is 2.34. The van der Waals surface area contributed by atoms with Crippen molar-refractivity contribution in [2.24, 2.45) is 0 Å². The first-order valence-corrected chi connectivity index (χ1v) is 13.6. The van der Waals surface area contributed by atoms with E-state index in [0.717, 1.165) is 55.7 Å². The van der Waals surface area contributed by atoms with Crippen LogP contribution < -0.4 is 0 Å². The maximum absolute atomic E-state index is 3.54. The maximum atomic E-state index is 3.54. The predicted octanol–water partition coefficient (Wildman–Crippen LogP) is 8.81. The van der Waals surface area contributed by atoms with E-state index in [1.165, 1.54) is 0 Å². The largest absolute Gasteiger partial charge is 0.360 e. The van der Waals surface area contributed by atoms with Crippen molar-refractivity contribution in [3.63, 3.8) is 0 Å². The highest BCUT2D eigenvalue weighted by molar-refractivity contribution is 5.57. The quantitative estimate of drug-likeness (QED) is 0.276. The van der Waals surface area contributed by atoms with Crippen molar-refractivity contribution in [1.82, 2.24) is 0 Å². The molecule has 0 N–H and O–H groups in total. The molecule has 1 aromatic rings. The van der Waals surface area contributed by atoms with Crippen LogP contribution in [0.1, 0.15) is 5.56 Å². The molecule has 0 heterocycles. The lowest BCUT2D eigenvalue weighted by molar-refractivity contribution is 1.30. The van der Waals surface area contributed by atoms with Gasteiger partial charge in [0, 0.05) is 24.3 Å². The lowest BCUT2D eigenvalue weighted by atomic mass is 9.90. The Morgan fingerprint density at radius 2 is 1.59 bits per heavy atom. The van der Waals surface area contributed by atoms with Crippen LogP contribution in [-0.4, -0.2) is 0 Å². The zero-order valence-electron chi connectivity index (χ0n) is 22.5. The second-order valence-electron chi connectivity index (χ2n) is 9.68. The first-order valence-electron chi connectivity index (χ1n) is 13.6. The molecule has 0 fully saturated rings. The molecule has 5 aliphatic rings. The second kappa shape index (κ2) is 12.5. The molecule has 0 bridgehead atoms. The number of rotatable bonds is 4. The third-order valence-electron chi connectivity index (χ3n) is 6.44. The van der Waals surface area contributed by atoms with Crippen LogP contribution in [0, 0.1) is 62.8 Å². The highest BCUT2D eigenvalue weighted by atomic mass is 14.1. The Morgan fingerprint density at radius 3 is 2.49 bits per heavy atom. The molecule has 0 unspecified atom stereocenters. The van der Waals surface area contributed by atoms with Crippen LogP contribution in [-0.2, 0) is 0 Å². The topological polar surface area (TPSA) is 0 Å². The summed E-state index contributed by atoms with van der Waals surface area (Å²) in [6.45, 7) is 0. The maximum Gasteiger partial charge on any atom is 0.360 e. The minimum absolute atomic E-state index is 1.000. The summed E-state index contributed by atoms with van der Waals surface area (Å²) in [5.41, 5.74) is 13.7. The van der Waals surface area contributed by atoms with Gasteiger partial charge in [-0.25, -0.2) is 30.2 Å². The van der Waals surface area contributed by atoms with Gasteiger partial charge >= 0.3 is 5.57 Å². The summed E-state index contributed by atoms with van der Waals surface area (Å²) >= 11 is 0. The Labute approximate surface area is 245 Å². The molecule has 0 atom stereocenters. The summed E-state index contributed by atoms with van der Waals surface area (Å²) in [5, 5.41) is 0. The Morgan fingerprint density at radius 1 is 0.732 bits per heavy atom. The van der Waals surface area contributed by atoms with Crippen LogP contribution in [0.3, 0.4) is 0 Å². The average molecular weight is 519 g/mol. The fraction of sp³-hybridized carbons (Fsp3) is 0. The van der Waals surface area contributed by atoms with Crippen LogP contribution in [0.5, 0.6) is 0 Å². The van der Waals surface area contributed by atoms with Crippen LogP contribution >= 0.6 is 0 Å². The molecular formula is C41H26. The van der Waals surface area contributed by atoms with Crippen molar-refractivity contribution < 1.29 is 0 Å². The molecular weight excluding hydrogens is 492 g/mol. The van der Waals surface area contributed by atoms with Gasteiger partial charge in [-0.2, -0.15) is 36.3 Å². The standard InChI is InChI=1S/C41H26/c1-3-11-32(12-4-1)23-34-15-7-17-36(25-34)27-38-19-9-21-40(29-38)31-41-22-10-20-39(30-41)28-37-18-8-16-35(26-37)24-33-13-5-2-6-14-33/h1-22,25-26,29-30H. The average Bonchev–Trinajstić information content (AvgIpc) is 2.99. The Kier molecular flexibility index (Phi) is 7.83. The summed E-state index contributed by atoms with van der Waals surface area (Å²) < 4.78 is 0. The van der Waals surface area contributed by atoms with Crippen LogP contribution in [0.25, 0.3) is 0 Å². The van der Waals surface area contributed by atoms with E-state index in [0.29, 0.717) is 0 Å². The van der Waals surface area contributed by atoms with Crippen LogP contribution in [0.2, 0.25) is 0 Å². The van der Waals surface area contributed by atoms with Gasteiger partial charge in [0.05, 0.1) is 0 Å². The predicted molar refractivity (Wildman–Crippen MR) is 168 cm³/mol. The van der Waals surface area contributed by atoms with Gasteiger partial charge in [0.15, 0.2) is 24.6 Å². The molecule has 0 heteroatoms. The van der Waals surface area contributed by atoms with Crippen molar-refractivity contribution in [2.75, 3.05) is 0 Å². The molecule has 6 rings (SSSR count). The monoisotopic (exact) mass is 518 g/mol. The minimum atomic E-state index is 1.000. The molecule has 0 amide bonds. The van der Waals surface area contributed by atoms with E-state index in [9.17, 15) is 0 Å². The van der Waals surface area contributed by atoms with Gasteiger partial charge in [0.1, 0.15) is 24.1 Å². The molecule has 5 aliphatic carbocycles. The van der Waals surface area contributed by atoms with E-state index in [1.807, 2.05) is 61.1 Å². The molecule has 41 heavy (non-hydrogen) atoms. The molecule has 0 aromatic heterocycles. The van der Waals surface area contributed by atoms with Crippen molar-refractivity contribution in [3.8, 4) is 0 Å². The molecule has 0 radical (unpaired) electrons. The summed E-state index contributed by atoms with van der Waals surface area (Å²) in [5.74, 6) is 0. The number of hydrogen-bond donors (Lipinski definition) is 0. The first kappa shape index (κ1) is 25.7. The van der Waals surface area contributed by atoms with Gasteiger partial charge in [0.2, 0.25) is 23.6 Å². The van der Waals surface area contributed by atoms with E-state index in [2.05, 4.69) is 129 Å². The molecule has 190 valence electrons. The van der Waals surface area contributed by atoms with Gasteiger partial charge in [-0.15, -0.1) is 30.2 Å². The van der Waals surface area contributed by atoms with Crippen molar-refractivity contribution in [1.29, 1.82) is 0 Å². The molecule has 0 saturated heterocycles. The van der Waals surface area contributed by atoms with Gasteiger partial charge < -0.3 is 0 Å². The van der Waals surface area contributed by atoms with E-state index in [4.69, 9.17) is 0 Å². The lowest BCUT2D eigenvalue weighted by Crippen LogP contribution is -1.98. The third-order valence-corrected chi connectivity index (χ3v) is 6.44. The van der Waals surface area contributed by atoms with Gasteiger partial charge in [-0.05, 0) is 18.2 Å². The van der Waals surface area contributed by atoms with Crippen molar-refractivity contribution in [2.45, 2.75) is 0 Å². The Balaban J connectivity index is 1.18. The van der Waals surface area contributed by atoms with Crippen LogP contribution in [0.15, 0.2) is 177 Å².